The molecular formula is C25H20FN3O6. The van der Waals surface area contributed by atoms with E-state index in [0.717, 1.165) is 10.5 Å². The molecule has 3 aromatic carbocycles. The number of hydrogen-bond acceptors (Lipinski definition) is 6. The maximum atomic E-state index is 13.1. The molecule has 0 bridgehead atoms. The van der Waals surface area contributed by atoms with Gasteiger partial charge in [-0.3, -0.25) is 24.6 Å². The van der Waals surface area contributed by atoms with E-state index in [4.69, 9.17) is 9.47 Å². The quantitative estimate of drug-likeness (QED) is 0.381. The summed E-state index contributed by atoms with van der Waals surface area (Å²) in [7, 11) is 1.41. The Morgan fingerprint density at radius 1 is 0.971 bits per heavy atom. The van der Waals surface area contributed by atoms with E-state index in [1.807, 2.05) is 5.32 Å². The van der Waals surface area contributed by atoms with Gasteiger partial charge in [0.25, 0.3) is 5.91 Å². The van der Waals surface area contributed by atoms with Crippen LogP contribution >= 0.6 is 0 Å². The summed E-state index contributed by atoms with van der Waals surface area (Å²) in [6, 6.07) is 16.5. The first-order chi connectivity index (χ1) is 16.8. The molecule has 35 heavy (non-hydrogen) atoms. The highest BCUT2D eigenvalue weighted by atomic mass is 19.1. The number of halogens is 1. The van der Waals surface area contributed by atoms with Crippen LogP contribution in [0.3, 0.4) is 0 Å². The van der Waals surface area contributed by atoms with Crippen molar-refractivity contribution < 1.29 is 33.0 Å². The Balaban J connectivity index is 1.44. The lowest BCUT2D eigenvalue weighted by Gasteiger charge is -2.15. The van der Waals surface area contributed by atoms with Crippen LogP contribution in [0.5, 0.6) is 17.2 Å². The van der Waals surface area contributed by atoms with Crippen molar-refractivity contribution in [3.63, 3.8) is 0 Å². The highest BCUT2D eigenvalue weighted by molar-refractivity contribution is 6.44. The van der Waals surface area contributed by atoms with Crippen molar-refractivity contribution in [2.45, 2.75) is 13.1 Å². The summed E-state index contributed by atoms with van der Waals surface area (Å²) in [6.07, 6.45) is 0. The van der Waals surface area contributed by atoms with Crippen molar-refractivity contribution in [3.8, 4) is 17.2 Å². The van der Waals surface area contributed by atoms with E-state index in [0.29, 0.717) is 22.8 Å². The van der Waals surface area contributed by atoms with E-state index in [1.54, 1.807) is 36.4 Å². The van der Waals surface area contributed by atoms with Crippen molar-refractivity contribution in [1.29, 1.82) is 0 Å². The molecule has 1 aliphatic heterocycles. The number of ether oxygens (including phenoxy) is 2. The summed E-state index contributed by atoms with van der Waals surface area (Å²) in [5, 5.41) is 4.72. The molecule has 10 heteroatoms. The minimum atomic E-state index is -0.993. The Kier molecular flexibility index (Phi) is 6.72. The van der Waals surface area contributed by atoms with Gasteiger partial charge in [0.2, 0.25) is 0 Å². The predicted octanol–water partition coefficient (Wildman–Crippen LogP) is 3.14. The first kappa shape index (κ1) is 23.4. The largest absolute Gasteiger partial charge is 0.496 e. The molecule has 1 fully saturated rings. The molecule has 0 radical (unpaired) electrons. The van der Waals surface area contributed by atoms with E-state index in [-0.39, 0.29) is 24.5 Å². The van der Waals surface area contributed by atoms with E-state index < -0.39 is 23.8 Å². The molecule has 0 saturated carbocycles. The maximum Gasteiger partial charge on any atom is 0.331 e. The fraction of sp³-hybridized carbons (Fsp3) is 0.120. The molecule has 5 amide bonds. The summed E-state index contributed by atoms with van der Waals surface area (Å²) in [5.74, 6) is -1.47. The summed E-state index contributed by atoms with van der Waals surface area (Å²) in [6.45, 7) is -0.00218. The second kappa shape index (κ2) is 10.0. The first-order valence-corrected chi connectivity index (χ1v) is 10.5. The molecule has 0 unspecified atom stereocenters. The summed E-state index contributed by atoms with van der Waals surface area (Å²) in [5.41, 5.74) is 1.41. The van der Waals surface area contributed by atoms with Gasteiger partial charge in [-0.1, -0.05) is 18.2 Å². The van der Waals surface area contributed by atoms with Crippen molar-refractivity contribution in [1.82, 2.24) is 15.5 Å². The second-order valence-corrected chi connectivity index (χ2v) is 7.57. The number of methoxy groups -OCH3 is 1. The third kappa shape index (κ3) is 5.44. The third-order valence-electron chi connectivity index (χ3n) is 5.16. The fourth-order valence-electron chi connectivity index (χ4n) is 3.43. The van der Waals surface area contributed by atoms with Gasteiger partial charge in [-0.05, 0) is 59.7 Å². The summed E-state index contributed by atoms with van der Waals surface area (Å²) >= 11 is 0. The maximum absolute atomic E-state index is 13.1. The minimum absolute atomic E-state index is 0.175. The molecule has 0 aliphatic carbocycles. The molecule has 0 atom stereocenters. The highest BCUT2D eigenvalue weighted by Crippen LogP contribution is 2.24. The first-order valence-electron chi connectivity index (χ1n) is 10.5. The number of hydrogen-bond donors (Lipinski definition) is 2. The highest BCUT2D eigenvalue weighted by Gasteiger charge is 2.36. The zero-order valence-corrected chi connectivity index (χ0v) is 18.5. The van der Waals surface area contributed by atoms with Crippen LogP contribution in [0, 0.1) is 5.82 Å². The lowest BCUT2D eigenvalue weighted by atomic mass is 10.1. The number of amides is 5. The molecule has 3 aromatic rings. The van der Waals surface area contributed by atoms with Crippen LogP contribution in [-0.2, 0) is 22.7 Å². The van der Waals surface area contributed by atoms with Gasteiger partial charge in [-0.25, -0.2) is 9.18 Å². The van der Waals surface area contributed by atoms with Gasteiger partial charge in [-0.15, -0.1) is 0 Å². The monoisotopic (exact) mass is 477 g/mol. The Bertz CT molecular complexity index is 1310. The average molecular weight is 477 g/mol. The predicted molar refractivity (Wildman–Crippen MR) is 121 cm³/mol. The van der Waals surface area contributed by atoms with Gasteiger partial charge in [-0.2, -0.15) is 0 Å². The third-order valence-corrected chi connectivity index (χ3v) is 5.16. The van der Waals surface area contributed by atoms with Crippen molar-refractivity contribution in [2.24, 2.45) is 0 Å². The van der Waals surface area contributed by atoms with Gasteiger partial charge in [0.05, 0.1) is 19.2 Å². The standard InChI is InChI=1S/C25H20FN3O6/c1-34-21-10-5-16(14-29-24(32)23(31)28-25(29)33)12-20(21)22(30)27-13-15-3-2-4-19(11-15)35-18-8-6-17(26)7-9-18/h2-12H,13-14H2,1H3,(H,27,30)(H,28,31,33). The van der Waals surface area contributed by atoms with Crippen LogP contribution in [0.4, 0.5) is 9.18 Å². The molecule has 0 spiro atoms. The molecule has 1 heterocycles. The number of nitrogens with one attached hydrogen (secondary N) is 2. The zero-order valence-electron chi connectivity index (χ0n) is 18.5. The molecule has 4 rings (SSSR count). The Labute approximate surface area is 199 Å². The number of nitrogens with zero attached hydrogens (tertiary/aromatic N) is 1. The van der Waals surface area contributed by atoms with Crippen LogP contribution < -0.4 is 20.1 Å². The molecule has 9 nitrogen and oxygen atoms in total. The molecule has 0 aromatic heterocycles. The number of urea groups is 1. The van der Waals surface area contributed by atoms with Crippen LogP contribution in [-0.4, -0.2) is 35.8 Å². The number of benzene rings is 3. The summed E-state index contributed by atoms with van der Waals surface area (Å²) < 4.78 is 24.1. The van der Waals surface area contributed by atoms with E-state index in [9.17, 15) is 23.6 Å². The van der Waals surface area contributed by atoms with Crippen LogP contribution in [0.25, 0.3) is 0 Å². The lowest BCUT2D eigenvalue weighted by molar-refractivity contribution is -0.140. The van der Waals surface area contributed by atoms with Crippen LogP contribution in [0.1, 0.15) is 21.5 Å². The van der Waals surface area contributed by atoms with Crippen molar-refractivity contribution in [3.05, 3.63) is 89.2 Å². The Morgan fingerprint density at radius 3 is 2.43 bits per heavy atom. The number of imide groups is 2. The fourth-order valence-corrected chi connectivity index (χ4v) is 3.43. The molecule has 1 aliphatic rings. The van der Waals surface area contributed by atoms with Gasteiger partial charge < -0.3 is 14.8 Å². The Hall–Kier alpha value is -4.73. The van der Waals surface area contributed by atoms with Crippen LogP contribution in [0.15, 0.2) is 66.7 Å². The topological polar surface area (TPSA) is 114 Å². The van der Waals surface area contributed by atoms with Crippen molar-refractivity contribution >= 4 is 23.8 Å². The molecular weight excluding hydrogens is 457 g/mol. The lowest BCUT2D eigenvalue weighted by Crippen LogP contribution is -2.30. The number of carbonyl (C=O) groups excluding carboxylic acids is 4. The Morgan fingerprint density at radius 2 is 1.74 bits per heavy atom. The number of rotatable bonds is 8. The smallest absolute Gasteiger partial charge is 0.331 e. The van der Waals surface area contributed by atoms with E-state index >= 15 is 0 Å². The second-order valence-electron chi connectivity index (χ2n) is 7.57. The van der Waals surface area contributed by atoms with Gasteiger partial charge in [0.15, 0.2) is 0 Å². The average Bonchev–Trinajstić information content (AvgIpc) is 3.10. The van der Waals surface area contributed by atoms with E-state index in [2.05, 4.69) is 5.32 Å². The minimum Gasteiger partial charge on any atom is -0.496 e. The van der Waals surface area contributed by atoms with Crippen LogP contribution in [0.2, 0.25) is 0 Å². The van der Waals surface area contributed by atoms with Gasteiger partial charge in [0.1, 0.15) is 23.1 Å². The number of carbonyl (C=O) groups is 4. The van der Waals surface area contributed by atoms with E-state index in [1.165, 1.54) is 37.4 Å². The van der Waals surface area contributed by atoms with Gasteiger partial charge in [0, 0.05) is 6.54 Å². The molecule has 2 N–H and O–H groups in total. The summed E-state index contributed by atoms with van der Waals surface area (Å²) in [4.78, 5) is 48.7. The SMILES string of the molecule is COc1ccc(CN2C(=O)NC(=O)C2=O)cc1C(=O)NCc1cccc(Oc2ccc(F)cc2)c1. The van der Waals surface area contributed by atoms with Crippen molar-refractivity contribution in [2.75, 3.05) is 7.11 Å². The molecule has 178 valence electrons. The van der Waals surface area contributed by atoms with Gasteiger partial charge >= 0.3 is 17.8 Å². The zero-order chi connectivity index (χ0) is 24.9. The molecule has 1 saturated heterocycles. The normalized spacial score (nSPS) is 13.0.